The van der Waals surface area contributed by atoms with Gasteiger partial charge in [-0.2, -0.15) is 0 Å². The number of amides is 3. The number of primary amides is 1. The van der Waals surface area contributed by atoms with Crippen LogP contribution in [0, 0.1) is 6.92 Å². The van der Waals surface area contributed by atoms with Gasteiger partial charge in [0, 0.05) is 12.7 Å². The lowest BCUT2D eigenvalue weighted by molar-refractivity contribution is -0.119. The Labute approximate surface area is 92.5 Å². The first-order valence-electron chi connectivity index (χ1n) is 4.66. The summed E-state index contributed by atoms with van der Waals surface area (Å²) in [4.78, 5) is 29.4. The molecule has 4 N–H and O–H groups in total. The smallest absolute Gasteiger partial charge is 0.318 e. The summed E-state index contributed by atoms with van der Waals surface area (Å²) in [6.45, 7) is 2.21. The molecular weight excluding hydrogens is 210 g/mol. The van der Waals surface area contributed by atoms with Crippen LogP contribution in [0.3, 0.4) is 0 Å². The van der Waals surface area contributed by atoms with Crippen LogP contribution < -0.4 is 16.4 Å². The summed E-state index contributed by atoms with van der Waals surface area (Å²) in [5.41, 5.74) is 5.55. The maximum Gasteiger partial charge on any atom is 0.318 e. The van der Waals surface area contributed by atoms with Crippen LogP contribution in [-0.4, -0.2) is 28.5 Å². The third-order valence-corrected chi connectivity index (χ3v) is 1.69. The first-order valence-corrected chi connectivity index (χ1v) is 4.66. The SMILES string of the molecule is Cc1nccc(CNCC(=O)NC(N)=O)n1. The van der Waals surface area contributed by atoms with E-state index in [9.17, 15) is 9.59 Å². The van der Waals surface area contributed by atoms with Crippen molar-refractivity contribution in [2.45, 2.75) is 13.5 Å². The molecule has 1 heterocycles. The topological polar surface area (TPSA) is 110 Å². The molecule has 0 aliphatic carbocycles. The number of carbonyl (C=O) groups excluding carboxylic acids is 2. The predicted molar refractivity (Wildman–Crippen MR) is 56.2 cm³/mol. The molecule has 0 aliphatic heterocycles. The summed E-state index contributed by atoms with van der Waals surface area (Å²) < 4.78 is 0. The summed E-state index contributed by atoms with van der Waals surface area (Å²) >= 11 is 0. The first kappa shape index (κ1) is 12.1. The minimum absolute atomic E-state index is 0.00594. The van der Waals surface area contributed by atoms with E-state index in [1.807, 2.05) is 5.32 Å². The van der Waals surface area contributed by atoms with Gasteiger partial charge < -0.3 is 11.1 Å². The number of urea groups is 1. The van der Waals surface area contributed by atoms with Gasteiger partial charge in [0.2, 0.25) is 5.91 Å². The molecule has 7 heteroatoms. The van der Waals surface area contributed by atoms with Gasteiger partial charge in [-0.3, -0.25) is 10.1 Å². The molecule has 1 rings (SSSR count). The largest absolute Gasteiger partial charge is 0.351 e. The highest BCUT2D eigenvalue weighted by Gasteiger charge is 2.03. The van der Waals surface area contributed by atoms with Gasteiger partial charge in [0.25, 0.3) is 0 Å². The highest BCUT2D eigenvalue weighted by molar-refractivity contribution is 5.94. The van der Waals surface area contributed by atoms with Crippen LogP contribution in [0.2, 0.25) is 0 Å². The maximum absolute atomic E-state index is 11.0. The van der Waals surface area contributed by atoms with Crippen LogP contribution in [0.4, 0.5) is 4.79 Å². The molecule has 0 atom stereocenters. The predicted octanol–water partition coefficient (Wildman–Crippen LogP) is -0.930. The number of nitrogens with two attached hydrogens (primary N) is 1. The number of aromatic nitrogens is 2. The average molecular weight is 223 g/mol. The summed E-state index contributed by atoms with van der Waals surface area (Å²) in [5, 5.41) is 4.77. The molecule has 7 nitrogen and oxygen atoms in total. The Morgan fingerprint density at radius 2 is 2.25 bits per heavy atom. The standard InChI is InChI=1S/C9H13N5O2/c1-6-12-3-2-7(13-6)4-11-5-8(15)14-9(10)16/h2-3,11H,4-5H2,1H3,(H3,10,14,15,16). The van der Waals surface area contributed by atoms with Crippen LogP contribution in [0.1, 0.15) is 11.5 Å². The van der Waals surface area contributed by atoms with E-state index in [-0.39, 0.29) is 6.54 Å². The molecule has 0 unspecified atom stereocenters. The van der Waals surface area contributed by atoms with Crippen molar-refractivity contribution in [1.29, 1.82) is 0 Å². The van der Waals surface area contributed by atoms with Crippen LogP contribution >= 0.6 is 0 Å². The van der Waals surface area contributed by atoms with E-state index in [4.69, 9.17) is 5.73 Å². The molecule has 0 aliphatic rings. The monoisotopic (exact) mass is 223 g/mol. The van der Waals surface area contributed by atoms with E-state index in [0.29, 0.717) is 12.4 Å². The first-order chi connectivity index (χ1) is 7.58. The number of nitrogens with zero attached hydrogens (tertiary/aromatic N) is 2. The van der Waals surface area contributed by atoms with Crippen molar-refractivity contribution in [3.8, 4) is 0 Å². The Bertz CT molecular complexity index is 393. The second-order valence-corrected chi connectivity index (χ2v) is 3.11. The van der Waals surface area contributed by atoms with Crippen LogP contribution in [0.25, 0.3) is 0 Å². The number of imide groups is 1. The van der Waals surface area contributed by atoms with E-state index in [1.165, 1.54) is 0 Å². The van der Waals surface area contributed by atoms with Crippen LogP contribution in [0.15, 0.2) is 12.3 Å². The summed E-state index contributed by atoms with van der Waals surface area (Å²) in [5.74, 6) is 0.194. The molecule has 0 radical (unpaired) electrons. The van der Waals surface area contributed by atoms with E-state index in [1.54, 1.807) is 19.2 Å². The van der Waals surface area contributed by atoms with Crippen molar-refractivity contribution in [3.05, 3.63) is 23.8 Å². The number of aryl methyl sites for hydroxylation is 1. The van der Waals surface area contributed by atoms with Crippen molar-refractivity contribution >= 4 is 11.9 Å². The number of rotatable bonds is 4. The highest BCUT2D eigenvalue weighted by atomic mass is 16.2. The lowest BCUT2D eigenvalue weighted by Crippen LogP contribution is -2.40. The molecule has 1 aromatic rings. The van der Waals surface area contributed by atoms with Crippen molar-refractivity contribution in [2.75, 3.05) is 6.54 Å². The molecule has 0 bridgehead atoms. The van der Waals surface area contributed by atoms with E-state index in [0.717, 1.165) is 5.69 Å². The molecular formula is C9H13N5O2. The van der Waals surface area contributed by atoms with Gasteiger partial charge in [0.15, 0.2) is 0 Å². The number of nitrogens with one attached hydrogen (secondary N) is 2. The van der Waals surface area contributed by atoms with Crippen molar-refractivity contribution in [3.63, 3.8) is 0 Å². The maximum atomic E-state index is 11.0. The fourth-order valence-corrected chi connectivity index (χ4v) is 1.09. The average Bonchev–Trinajstić information content (AvgIpc) is 2.16. The zero-order chi connectivity index (χ0) is 12.0. The van der Waals surface area contributed by atoms with E-state index < -0.39 is 11.9 Å². The Balaban J connectivity index is 2.30. The quantitative estimate of drug-likeness (QED) is 0.610. The van der Waals surface area contributed by atoms with Gasteiger partial charge >= 0.3 is 6.03 Å². The lowest BCUT2D eigenvalue weighted by atomic mass is 10.4. The van der Waals surface area contributed by atoms with Crippen LogP contribution in [0.5, 0.6) is 0 Å². The zero-order valence-corrected chi connectivity index (χ0v) is 8.86. The summed E-state index contributed by atoms with van der Waals surface area (Å²) in [6, 6.07) is 0.885. The molecule has 86 valence electrons. The molecule has 0 saturated heterocycles. The van der Waals surface area contributed by atoms with Gasteiger partial charge in [-0.25, -0.2) is 14.8 Å². The van der Waals surface area contributed by atoms with Gasteiger partial charge in [0.05, 0.1) is 12.2 Å². The Morgan fingerprint density at radius 3 is 2.88 bits per heavy atom. The Kier molecular flexibility index (Phi) is 4.34. The zero-order valence-electron chi connectivity index (χ0n) is 8.86. The van der Waals surface area contributed by atoms with Crippen molar-refractivity contribution in [1.82, 2.24) is 20.6 Å². The minimum atomic E-state index is -0.857. The number of hydrogen-bond donors (Lipinski definition) is 3. The second-order valence-electron chi connectivity index (χ2n) is 3.11. The third-order valence-electron chi connectivity index (χ3n) is 1.69. The van der Waals surface area contributed by atoms with E-state index in [2.05, 4.69) is 15.3 Å². The van der Waals surface area contributed by atoms with Gasteiger partial charge in [0.1, 0.15) is 5.82 Å². The molecule has 16 heavy (non-hydrogen) atoms. The minimum Gasteiger partial charge on any atom is -0.351 e. The Morgan fingerprint density at radius 1 is 1.50 bits per heavy atom. The number of carbonyl (C=O) groups is 2. The van der Waals surface area contributed by atoms with E-state index >= 15 is 0 Å². The van der Waals surface area contributed by atoms with Gasteiger partial charge in [-0.1, -0.05) is 0 Å². The van der Waals surface area contributed by atoms with Crippen LogP contribution in [-0.2, 0) is 11.3 Å². The van der Waals surface area contributed by atoms with Gasteiger partial charge in [-0.05, 0) is 13.0 Å². The normalized spacial score (nSPS) is 9.81. The third kappa shape index (κ3) is 4.47. The Hall–Kier alpha value is -2.02. The second kappa shape index (κ2) is 5.76. The number of hydrogen-bond acceptors (Lipinski definition) is 5. The fourth-order valence-electron chi connectivity index (χ4n) is 1.09. The summed E-state index contributed by atoms with van der Waals surface area (Å²) in [7, 11) is 0. The van der Waals surface area contributed by atoms with Crippen molar-refractivity contribution < 1.29 is 9.59 Å². The van der Waals surface area contributed by atoms with Crippen molar-refractivity contribution in [2.24, 2.45) is 5.73 Å². The summed E-state index contributed by atoms with van der Waals surface area (Å²) in [6.07, 6.45) is 1.64. The molecule has 3 amide bonds. The molecule has 0 saturated carbocycles. The molecule has 0 aromatic carbocycles. The van der Waals surface area contributed by atoms with Gasteiger partial charge in [-0.15, -0.1) is 0 Å². The molecule has 0 fully saturated rings. The molecule has 1 aromatic heterocycles. The highest BCUT2D eigenvalue weighted by Crippen LogP contribution is 1.93. The lowest BCUT2D eigenvalue weighted by Gasteiger charge is -2.04. The fraction of sp³-hybridized carbons (Fsp3) is 0.333. The molecule has 0 spiro atoms.